The molecule has 4 N–H and O–H groups in total. The van der Waals surface area contributed by atoms with Crippen molar-refractivity contribution in [3.05, 3.63) is 87.9 Å². The Bertz CT molecular complexity index is 1160. The Balaban J connectivity index is 1.65. The standard InChI is InChI=1S/C21H18ClN5O4/c22-14-6-9-17(24-12-14)26-18(28)11-16(20(23)30)25-21(31)13-4-7-15(8-5-13)27-10-2-1-3-19(27)29/h1-10,12,16H,11H2,(H2,23,30)(H,25,31)(H,24,26,28). The summed E-state index contributed by atoms with van der Waals surface area (Å²) in [6.45, 7) is 0. The summed E-state index contributed by atoms with van der Waals surface area (Å²) in [5.41, 5.74) is 5.93. The van der Waals surface area contributed by atoms with Crippen LogP contribution in [0, 0.1) is 0 Å². The number of pyridine rings is 2. The van der Waals surface area contributed by atoms with Crippen LogP contribution in [-0.4, -0.2) is 33.3 Å². The lowest BCUT2D eigenvalue weighted by Crippen LogP contribution is -2.46. The van der Waals surface area contributed by atoms with E-state index in [1.807, 2.05) is 0 Å². The molecule has 1 atom stereocenters. The van der Waals surface area contributed by atoms with Crippen molar-refractivity contribution in [3.8, 4) is 5.69 Å². The van der Waals surface area contributed by atoms with Crippen molar-refractivity contribution in [2.24, 2.45) is 5.73 Å². The monoisotopic (exact) mass is 439 g/mol. The maximum atomic E-state index is 12.5. The van der Waals surface area contributed by atoms with E-state index in [9.17, 15) is 19.2 Å². The number of hydrogen-bond acceptors (Lipinski definition) is 5. The van der Waals surface area contributed by atoms with Crippen LogP contribution in [-0.2, 0) is 9.59 Å². The molecule has 1 unspecified atom stereocenters. The van der Waals surface area contributed by atoms with Gasteiger partial charge in [-0.1, -0.05) is 17.7 Å². The Hall–Kier alpha value is -3.98. The molecular formula is C21H18ClN5O4. The SMILES string of the molecule is NC(=O)C(CC(=O)Nc1ccc(Cl)cn1)NC(=O)c1ccc(-n2ccccc2=O)cc1. The number of benzene rings is 1. The van der Waals surface area contributed by atoms with Crippen molar-refractivity contribution in [2.45, 2.75) is 12.5 Å². The maximum Gasteiger partial charge on any atom is 0.255 e. The average molecular weight is 440 g/mol. The predicted octanol–water partition coefficient (Wildman–Crippen LogP) is 1.50. The van der Waals surface area contributed by atoms with E-state index >= 15 is 0 Å². The normalized spacial score (nSPS) is 11.4. The Morgan fingerprint density at radius 3 is 2.42 bits per heavy atom. The molecule has 0 radical (unpaired) electrons. The van der Waals surface area contributed by atoms with Gasteiger partial charge in [0.15, 0.2) is 0 Å². The quantitative estimate of drug-likeness (QED) is 0.512. The molecule has 0 saturated carbocycles. The fourth-order valence-corrected chi connectivity index (χ4v) is 2.82. The molecule has 3 rings (SSSR count). The number of carbonyl (C=O) groups excluding carboxylic acids is 3. The van der Waals surface area contributed by atoms with E-state index in [0.717, 1.165) is 0 Å². The number of nitrogens with one attached hydrogen (secondary N) is 2. The summed E-state index contributed by atoms with van der Waals surface area (Å²) in [6.07, 6.45) is 2.59. The highest BCUT2D eigenvalue weighted by atomic mass is 35.5. The summed E-state index contributed by atoms with van der Waals surface area (Å²) in [7, 11) is 0. The fraction of sp³-hybridized carbons (Fsp3) is 0.0952. The third-order valence-corrected chi connectivity index (χ3v) is 4.49. The number of halogens is 1. The first-order valence-electron chi connectivity index (χ1n) is 9.13. The van der Waals surface area contributed by atoms with Gasteiger partial charge in [-0.3, -0.25) is 23.7 Å². The van der Waals surface area contributed by atoms with Crippen molar-refractivity contribution < 1.29 is 14.4 Å². The molecule has 158 valence electrons. The Morgan fingerprint density at radius 2 is 1.81 bits per heavy atom. The van der Waals surface area contributed by atoms with Gasteiger partial charge in [-0.25, -0.2) is 4.98 Å². The number of anilines is 1. The van der Waals surface area contributed by atoms with E-state index in [1.165, 1.54) is 35.0 Å². The molecule has 10 heteroatoms. The number of carbonyl (C=O) groups is 3. The van der Waals surface area contributed by atoms with Gasteiger partial charge in [0.1, 0.15) is 11.9 Å². The van der Waals surface area contributed by atoms with Crippen LogP contribution in [0.3, 0.4) is 0 Å². The Morgan fingerprint density at radius 1 is 1.06 bits per heavy atom. The number of nitrogens with zero attached hydrogens (tertiary/aromatic N) is 2. The maximum absolute atomic E-state index is 12.5. The van der Waals surface area contributed by atoms with Gasteiger partial charge in [-0.15, -0.1) is 0 Å². The highest BCUT2D eigenvalue weighted by Gasteiger charge is 2.22. The van der Waals surface area contributed by atoms with Crippen molar-refractivity contribution in [1.29, 1.82) is 0 Å². The molecular weight excluding hydrogens is 422 g/mol. The lowest BCUT2D eigenvalue weighted by atomic mass is 10.1. The lowest BCUT2D eigenvalue weighted by Gasteiger charge is -2.15. The zero-order chi connectivity index (χ0) is 22.4. The molecule has 0 aliphatic carbocycles. The minimum absolute atomic E-state index is 0.213. The largest absolute Gasteiger partial charge is 0.368 e. The van der Waals surface area contributed by atoms with E-state index in [-0.39, 0.29) is 23.4 Å². The van der Waals surface area contributed by atoms with E-state index in [2.05, 4.69) is 15.6 Å². The van der Waals surface area contributed by atoms with Gasteiger partial charge in [0.2, 0.25) is 11.8 Å². The number of nitrogens with two attached hydrogens (primary N) is 1. The van der Waals surface area contributed by atoms with Crippen LogP contribution in [0.1, 0.15) is 16.8 Å². The molecule has 0 bridgehead atoms. The number of hydrogen-bond donors (Lipinski definition) is 3. The van der Waals surface area contributed by atoms with E-state index in [0.29, 0.717) is 10.7 Å². The van der Waals surface area contributed by atoms with Crippen molar-refractivity contribution >= 4 is 35.1 Å². The van der Waals surface area contributed by atoms with Gasteiger partial charge < -0.3 is 16.4 Å². The number of primary amides is 1. The van der Waals surface area contributed by atoms with E-state index < -0.39 is 23.8 Å². The molecule has 0 fully saturated rings. The third-order valence-electron chi connectivity index (χ3n) is 4.26. The van der Waals surface area contributed by atoms with Gasteiger partial charge in [-0.05, 0) is 42.5 Å². The molecule has 31 heavy (non-hydrogen) atoms. The molecule has 0 aliphatic rings. The van der Waals surface area contributed by atoms with Crippen LogP contribution in [0.4, 0.5) is 5.82 Å². The Labute approximate surface area is 181 Å². The predicted molar refractivity (Wildman–Crippen MR) is 115 cm³/mol. The zero-order valence-corrected chi connectivity index (χ0v) is 16.9. The van der Waals surface area contributed by atoms with Crippen LogP contribution < -0.4 is 21.9 Å². The smallest absolute Gasteiger partial charge is 0.255 e. The van der Waals surface area contributed by atoms with Crippen LogP contribution >= 0.6 is 11.6 Å². The molecule has 2 aromatic heterocycles. The molecule has 9 nitrogen and oxygen atoms in total. The number of amides is 3. The highest BCUT2D eigenvalue weighted by molar-refractivity contribution is 6.30. The minimum atomic E-state index is -1.23. The second-order valence-corrected chi connectivity index (χ2v) is 6.93. The topological polar surface area (TPSA) is 136 Å². The summed E-state index contributed by atoms with van der Waals surface area (Å²) in [5, 5.41) is 5.35. The van der Waals surface area contributed by atoms with Crippen LogP contribution in [0.2, 0.25) is 5.02 Å². The summed E-state index contributed by atoms with van der Waals surface area (Å²) in [4.78, 5) is 52.2. The first kappa shape index (κ1) is 21.7. The number of aromatic nitrogens is 2. The molecule has 3 aromatic rings. The third kappa shape index (κ3) is 5.77. The van der Waals surface area contributed by atoms with Gasteiger partial charge in [0, 0.05) is 29.7 Å². The van der Waals surface area contributed by atoms with E-state index in [1.54, 1.807) is 36.5 Å². The van der Waals surface area contributed by atoms with Crippen molar-refractivity contribution in [1.82, 2.24) is 14.9 Å². The number of rotatable bonds is 7. The first-order chi connectivity index (χ1) is 14.8. The summed E-state index contributed by atoms with van der Waals surface area (Å²) >= 11 is 5.74. The van der Waals surface area contributed by atoms with Gasteiger partial charge in [-0.2, -0.15) is 0 Å². The van der Waals surface area contributed by atoms with Crippen LogP contribution in [0.25, 0.3) is 5.69 Å². The van der Waals surface area contributed by atoms with Gasteiger partial charge in [0.25, 0.3) is 11.5 Å². The molecule has 0 aliphatic heterocycles. The average Bonchev–Trinajstić information content (AvgIpc) is 2.75. The molecule has 2 heterocycles. The Kier molecular flexibility index (Phi) is 6.78. The highest BCUT2D eigenvalue weighted by Crippen LogP contribution is 2.11. The van der Waals surface area contributed by atoms with E-state index in [4.69, 9.17) is 17.3 Å². The second kappa shape index (κ2) is 9.68. The van der Waals surface area contributed by atoms with Gasteiger partial charge in [0.05, 0.1) is 11.4 Å². The zero-order valence-electron chi connectivity index (χ0n) is 16.1. The van der Waals surface area contributed by atoms with Crippen LogP contribution in [0.5, 0.6) is 0 Å². The lowest BCUT2D eigenvalue weighted by molar-refractivity contribution is -0.124. The minimum Gasteiger partial charge on any atom is -0.368 e. The van der Waals surface area contributed by atoms with Gasteiger partial charge >= 0.3 is 0 Å². The summed E-state index contributed by atoms with van der Waals surface area (Å²) < 4.78 is 1.42. The fourth-order valence-electron chi connectivity index (χ4n) is 2.71. The second-order valence-electron chi connectivity index (χ2n) is 6.50. The first-order valence-corrected chi connectivity index (χ1v) is 9.51. The van der Waals surface area contributed by atoms with Crippen LogP contribution in [0.15, 0.2) is 71.8 Å². The molecule has 0 spiro atoms. The van der Waals surface area contributed by atoms with Crippen molar-refractivity contribution in [3.63, 3.8) is 0 Å². The van der Waals surface area contributed by atoms with Crippen molar-refractivity contribution in [2.75, 3.05) is 5.32 Å². The molecule has 0 saturated heterocycles. The molecule has 1 aromatic carbocycles. The molecule has 3 amide bonds. The summed E-state index contributed by atoms with van der Waals surface area (Å²) in [6, 6.07) is 12.8. The summed E-state index contributed by atoms with van der Waals surface area (Å²) in [5.74, 6) is -1.76.